The molecular formula is C30H29N9O2. The Labute approximate surface area is 237 Å². The summed E-state index contributed by atoms with van der Waals surface area (Å²) in [7, 11) is 1.55. The average molecular weight is 548 g/mol. The van der Waals surface area contributed by atoms with Gasteiger partial charge in [-0.05, 0) is 43.2 Å². The van der Waals surface area contributed by atoms with E-state index in [0.29, 0.717) is 54.4 Å². The SMILES string of the molecule is COc1ccc(C(=O)N2CCN(c3ccc(-c4cc(C(N)=CC5=NCCC5)cn5ncc(C#N)c45)cn3)CC2)cn1. The number of carbonyl (C=O) groups is 1. The zero-order valence-corrected chi connectivity index (χ0v) is 22.7. The lowest BCUT2D eigenvalue weighted by Crippen LogP contribution is -2.49. The molecule has 0 spiro atoms. The summed E-state index contributed by atoms with van der Waals surface area (Å²) in [6, 6.07) is 11.6. The maximum atomic E-state index is 12.9. The Balaban J connectivity index is 1.21. The summed E-state index contributed by atoms with van der Waals surface area (Å²) in [6.07, 6.45) is 10.6. The molecule has 4 aromatic rings. The van der Waals surface area contributed by atoms with Crippen LogP contribution in [0.3, 0.4) is 0 Å². The smallest absolute Gasteiger partial charge is 0.255 e. The number of nitriles is 1. The molecule has 1 saturated heterocycles. The van der Waals surface area contributed by atoms with Gasteiger partial charge in [-0.25, -0.2) is 14.5 Å². The van der Waals surface area contributed by atoms with E-state index in [4.69, 9.17) is 15.5 Å². The van der Waals surface area contributed by atoms with Crippen LogP contribution >= 0.6 is 0 Å². The number of methoxy groups -OCH3 is 1. The number of nitrogens with zero attached hydrogens (tertiary/aromatic N) is 8. The second-order valence-electron chi connectivity index (χ2n) is 9.96. The number of allylic oxidation sites excluding steroid dienone is 1. The highest BCUT2D eigenvalue weighted by Crippen LogP contribution is 2.30. The molecule has 0 aliphatic carbocycles. The summed E-state index contributed by atoms with van der Waals surface area (Å²) >= 11 is 0. The first-order valence-corrected chi connectivity index (χ1v) is 13.5. The first-order chi connectivity index (χ1) is 20.0. The number of pyridine rings is 3. The van der Waals surface area contributed by atoms with Gasteiger partial charge in [0.15, 0.2) is 0 Å². The third-order valence-electron chi connectivity index (χ3n) is 7.44. The number of rotatable bonds is 6. The van der Waals surface area contributed by atoms with Gasteiger partial charge >= 0.3 is 0 Å². The highest BCUT2D eigenvalue weighted by atomic mass is 16.5. The molecule has 1 amide bonds. The van der Waals surface area contributed by atoms with Gasteiger partial charge in [-0.3, -0.25) is 9.79 Å². The first-order valence-electron chi connectivity index (χ1n) is 13.5. The van der Waals surface area contributed by atoms with Crippen molar-refractivity contribution in [1.29, 1.82) is 5.26 Å². The van der Waals surface area contributed by atoms with E-state index in [9.17, 15) is 10.1 Å². The molecule has 0 atom stereocenters. The standard InChI is InChI=1S/C30H29N9O2/c1-41-28-7-5-21(17-35-28)30(40)38-11-9-37(10-12-38)27-6-4-20(16-34-27)25-13-22(26(32)14-24-3-2-8-33-24)19-39-29(25)23(15-31)18-36-39/h4-7,13-14,16-19H,2-3,8-12,32H2,1H3. The molecule has 0 aromatic carbocycles. The van der Waals surface area contributed by atoms with Crippen LogP contribution < -0.4 is 15.4 Å². The van der Waals surface area contributed by atoms with Gasteiger partial charge in [0.25, 0.3) is 5.91 Å². The van der Waals surface area contributed by atoms with Crippen molar-refractivity contribution in [1.82, 2.24) is 24.5 Å². The van der Waals surface area contributed by atoms with E-state index in [1.54, 1.807) is 36.2 Å². The van der Waals surface area contributed by atoms with Gasteiger partial charge in [-0.1, -0.05) is 0 Å². The number of amides is 1. The van der Waals surface area contributed by atoms with Gasteiger partial charge in [0.05, 0.1) is 30.0 Å². The van der Waals surface area contributed by atoms with Crippen molar-refractivity contribution in [2.75, 3.05) is 44.7 Å². The van der Waals surface area contributed by atoms with Crippen LogP contribution in [0.15, 0.2) is 66.2 Å². The molecule has 1 fully saturated rings. The van der Waals surface area contributed by atoms with Crippen LogP contribution in [0.2, 0.25) is 0 Å². The first kappa shape index (κ1) is 26.0. The monoisotopic (exact) mass is 547 g/mol. The lowest BCUT2D eigenvalue weighted by molar-refractivity contribution is 0.0746. The van der Waals surface area contributed by atoms with Gasteiger partial charge in [0.1, 0.15) is 11.9 Å². The Hall–Kier alpha value is -5.24. The molecule has 41 heavy (non-hydrogen) atoms. The van der Waals surface area contributed by atoms with Crippen LogP contribution in [0.5, 0.6) is 5.88 Å². The summed E-state index contributed by atoms with van der Waals surface area (Å²) in [5, 5.41) is 14.1. The highest BCUT2D eigenvalue weighted by molar-refractivity contribution is 6.01. The maximum Gasteiger partial charge on any atom is 0.255 e. The predicted molar refractivity (Wildman–Crippen MR) is 156 cm³/mol. The number of piperazine rings is 1. The van der Waals surface area contributed by atoms with Crippen molar-refractivity contribution in [3.63, 3.8) is 0 Å². The Bertz CT molecular complexity index is 1690. The van der Waals surface area contributed by atoms with Crippen molar-refractivity contribution < 1.29 is 9.53 Å². The normalized spacial score (nSPS) is 15.6. The summed E-state index contributed by atoms with van der Waals surface area (Å²) in [5.74, 6) is 1.26. The number of hydrogen-bond donors (Lipinski definition) is 1. The molecular weight excluding hydrogens is 518 g/mol. The molecule has 6 rings (SSSR count). The molecule has 2 N–H and O–H groups in total. The number of anilines is 1. The Morgan fingerprint density at radius 3 is 2.59 bits per heavy atom. The summed E-state index contributed by atoms with van der Waals surface area (Å²) in [6.45, 7) is 3.31. The number of carbonyl (C=O) groups excluding carboxylic acids is 1. The number of fused-ring (bicyclic) bond motifs is 1. The fourth-order valence-corrected chi connectivity index (χ4v) is 5.20. The minimum Gasteiger partial charge on any atom is -0.481 e. The van der Waals surface area contributed by atoms with Crippen molar-refractivity contribution in [2.45, 2.75) is 12.8 Å². The number of ether oxygens (including phenoxy) is 1. The van der Waals surface area contributed by atoms with E-state index in [-0.39, 0.29) is 5.91 Å². The minimum atomic E-state index is -0.0468. The van der Waals surface area contributed by atoms with E-state index in [2.05, 4.69) is 26.0 Å². The van der Waals surface area contributed by atoms with Crippen LogP contribution in [-0.4, -0.2) is 75.9 Å². The lowest BCUT2D eigenvalue weighted by atomic mass is 10.0. The number of aromatic nitrogens is 4. The lowest BCUT2D eigenvalue weighted by Gasteiger charge is -2.35. The van der Waals surface area contributed by atoms with Crippen LogP contribution in [-0.2, 0) is 0 Å². The van der Waals surface area contributed by atoms with Gasteiger partial charge in [0, 0.05) is 85.5 Å². The molecule has 6 heterocycles. The largest absolute Gasteiger partial charge is 0.481 e. The number of hydrogen-bond acceptors (Lipinski definition) is 9. The maximum absolute atomic E-state index is 12.9. The molecule has 0 saturated carbocycles. The van der Waals surface area contributed by atoms with E-state index in [1.165, 1.54) is 0 Å². The predicted octanol–water partition coefficient (Wildman–Crippen LogP) is 3.17. The van der Waals surface area contributed by atoms with Gasteiger partial charge < -0.3 is 20.3 Å². The van der Waals surface area contributed by atoms with Gasteiger partial charge in [0.2, 0.25) is 5.88 Å². The fourth-order valence-electron chi connectivity index (χ4n) is 5.20. The molecule has 0 radical (unpaired) electrons. The summed E-state index contributed by atoms with van der Waals surface area (Å²) in [4.78, 5) is 30.3. The third kappa shape index (κ3) is 5.19. The van der Waals surface area contributed by atoms with Crippen LogP contribution in [0.4, 0.5) is 5.82 Å². The van der Waals surface area contributed by atoms with Gasteiger partial charge in [-0.15, -0.1) is 0 Å². The Morgan fingerprint density at radius 2 is 1.93 bits per heavy atom. The molecule has 206 valence electrons. The van der Waals surface area contributed by atoms with Crippen molar-refractivity contribution in [2.24, 2.45) is 10.7 Å². The Morgan fingerprint density at radius 1 is 1.07 bits per heavy atom. The minimum absolute atomic E-state index is 0.0468. The average Bonchev–Trinajstić information content (AvgIpc) is 3.70. The quantitative estimate of drug-likeness (QED) is 0.389. The van der Waals surface area contributed by atoms with E-state index >= 15 is 0 Å². The van der Waals surface area contributed by atoms with E-state index in [1.807, 2.05) is 41.6 Å². The van der Waals surface area contributed by atoms with E-state index < -0.39 is 0 Å². The van der Waals surface area contributed by atoms with Gasteiger partial charge in [-0.2, -0.15) is 10.4 Å². The second-order valence-corrected chi connectivity index (χ2v) is 9.96. The summed E-state index contributed by atoms with van der Waals surface area (Å²) in [5.41, 5.74) is 12.3. The molecule has 0 bridgehead atoms. The molecule has 2 aliphatic rings. The van der Waals surface area contributed by atoms with Crippen molar-refractivity contribution in [3.8, 4) is 23.1 Å². The highest BCUT2D eigenvalue weighted by Gasteiger charge is 2.23. The summed E-state index contributed by atoms with van der Waals surface area (Å²) < 4.78 is 6.78. The zero-order valence-electron chi connectivity index (χ0n) is 22.7. The molecule has 4 aromatic heterocycles. The number of nitrogens with two attached hydrogens (primary N) is 1. The van der Waals surface area contributed by atoms with E-state index in [0.717, 1.165) is 47.6 Å². The van der Waals surface area contributed by atoms with Crippen LogP contribution in [0.1, 0.15) is 34.3 Å². The topological polar surface area (TPSA) is 138 Å². The number of aliphatic imine (C=N–C) groups is 1. The van der Waals surface area contributed by atoms with Crippen LogP contribution in [0, 0.1) is 11.3 Å². The fraction of sp³-hybridized carbons (Fsp3) is 0.267. The molecule has 0 unspecified atom stereocenters. The van der Waals surface area contributed by atoms with Crippen LogP contribution in [0.25, 0.3) is 22.3 Å². The molecule has 11 heteroatoms. The third-order valence-corrected chi connectivity index (χ3v) is 7.44. The zero-order chi connectivity index (χ0) is 28.3. The second kappa shape index (κ2) is 11.1. The Kier molecular flexibility index (Phi) is 7.04. The van der Waals surface area contributed by atoms with Crippen molar-refractivity contribution in [3.05, 3.63) is 77.9 Å². The molecule has 11 nitrogen and oxygen atoms in total. The molecule has 2 aliphatic heterocycles. The van der Waals surface area contributed by atoms with Crippen molar-refractivity contribution >= 4 is 28.7 Å².